The van der Waals surface area contributed by atoms with Crippen molar-refractivity contribution in [3.8, 4) is 5.75 Å². The SMILES string of the molecule is O=C1COc2cc(S(=O)(=O)N3CCCC3c3cccc(F)c3)c(Cl)cc2N1. The Hall–Kier alpha value is -2.16. The lowest BCUT2D eigenvalue weighted by Crippen LogP contribution is -2.31. The molecule has 1 fully saturated rings. The molecule has 0 spiro atoms. The van der Waals surface area contributed by atoms with Gasteiger partial charge in [-0.05, 0) is 36.6 Å². The van der Waals surface area contributed by atoms with E-state index in [0.29, 0.717) is 30.6 Å². The van der Waals surface area contributed by atoms with Crippen LogP contribution in [0.3, 0.4) is 0 Å². The van der Waals surface area contributed by atoms with Crippen LogP contribution in [0.2, 0.25) is 5.02 Å². The molecule has 1 amide bonds. The van der Waals surface area contributed by atoms with E-state index in [9.17, 15) is 17.6 Å². The second-order valence-corrected chi connectivity index (χ2v) is 8.71. The number of anilines is 1. The van der Waals surface area contributed by atoms with Crippen LogP contribution in [0.1, 0.15) is 24.4 Å². The Bertz CT molecular complexity index is 1030. The van der Waals surface area contributed by atoms with Crippen molar-refractivity contribution in [2.75, 3.05) is 18.5 Å². The minimum absolute atomic E-state index is 0.00978. The van der Waals surface area contributed by atoms with E-state index in [2.05, 4.69) is 5.32 Å². The van der Waals surface area contributed by atoms with E-state index < -0.39 is 21.9 Å². The number of carbonyl (C=O) groups is 1. The van der Waals surface area contributed by atoms with Gasteiger partial charge in [0.25, 0.3) is 5.91 Å². The van der Waals surface area contributed by atoms with Crippen molar-refractivity contribution in [3.63, 3.8) is 0 Å². The monoisotopic (exact) mass is 410 g/mol. The number of sulfonamides is 1. The largest absolute Gasteiger partial charge is 0.482 e. The highest BCUT2D eigenvalue weighted by Crippen LogP contribution is 2.41. The average molecular weight is 411 g/mol. The molecule has 2 aliphatic heterocycles. The zero-order chi connectivity index (χ0) is 19.2. The molecular weight excluding hydrogens is 395 g/mol. The van der Waals surface area contributed by atoms with Gasteiger partial charge in [-0.1, -0.05) is 23.7 Å². The van der Waals surface area contributed by atoms with Gasteiger partial charge in [0.2, 0.25) is 10.0 Å². The third-order valence-electron chi connectivity index (χ3n) is 4.69. The third kappa shape index (κ3) is 3.28. The van der Waals surface area contributed by atoms with Gasteiger partial charge in [0, 0.05) is 12.6 Å². The summed E-state index contributed by atoms with van der Waals surface area (Å²) in [6, 6.07) is 8.19. The summed E-state index contributed by atoms with van der Waals surface area (Å²) in [6.07, 6.45) is 1.26. The zero-order valence-electron chi connectivity index (χ0n) is 14.1. The number of nitrogens with one attached hydrogen (secondary N) is 1. The van der Waals surface area contributed by atoms with Crippen molar-refractivity contribution in [2.45, 2.75) is 23.8 Å². The first-order valence-corrected chi connectivity index (χ1v) is 10.2. The summed E-state index contributed by atoms with van der Waals surface area (Å²) in [5.74, 6) is -0.494. The lowest BCUT2D eigenvalue weighted by Gasteiger charge is -2.26. The van der Waals surface area contributed by atoms with Crippen molar-refractivity contribution in [1.29, 1.82) is 0 Å². The van der Waals surface area contributed by atoms with Crippen LogP contribution in [-0.2, 0) is 14.8 Å². The number of benzene rings is 2. The Morgan fingerprint density at radius 3 is 2.85 bits per heavy atom. The summed E-state index contributed by atoms with van der Waals surface area (Å²) < 4.78 is 46.8. The van der Waals surface area contributed by atoms with Gasteiger partial charge in [0.15, 0.2) is 6.61 Å². The summed E-state index contributed by atoms with van der Waals surface area (Å²) in [4.78, 5) is 11.3. The van der Waals surface area contributed by atoms with Crippen molar-refractivity contribution >= 4 is 33.2 Å². The van der Waals surface area contributed by atoms with E-state index in [1.54, 1.807) is 12.1 Å². The molecule has 1 unspecified atom stereocenters. The van der Waals surface area contributed by atoms with Crippen molar-refractivity contribution in [2.24, 2.45) is 0 Å². The molecule has 0 aliphatic carbocycles. The zero-order valence-corrected chi connectivity index (χ0v) is 15.7. The van der Waals surface area contributed by atoms with Crippen LogP contribution in [0.15, 0.2) is 41.3 Å². The number of nitrogens with zero attached hydrogens (tertiary/aromatic N) is 1. The quantitative estimate of drug-likeness (QED) is 0.842. The molecular formula is C18H16ClFN2O4S. The van der Waals surface area contributed by atoms with E-state index in [4.69, 9.17) is 16.3 Å². The molecule has 27 heavy (non-hydrogen) atoms. The Morgan fingerprint density at radius 1 is 1.26 bits per heavy atom. The second-order valence-electron chi connectivity index (χ2n) is 6.44. The fourth-order valence-electron chi connectivity index (χ4n) is 3.48. The lowest BCUT2D eigenvalue weighted by molar-refractivity contribution is -0.118. The highest BCUT2D eigenvalue weighted by Gasteiger charge is 2.38. The van der Waals surface area contributed by atoms with Crippen LogP contribution < -0.4 is 10.1 Å². The number of fused-ring (bicyclic) bond motifs is 1. The van der Waals surface area contributed by atoms with E-state index in [-0.39, 0.29) is 28.2 Å². The van der Waals surface area contributed by atoms with Crippen molar-refractivity contribution < 1.29 is 22.3 Å². The highest BCUT2D eigenvalue weighted by molar-refractivity contribution is 7.89. The first kappa shape index (κ1) is 18.2. The Morgan fingerprint density at radius 2 is 2.07 bits per heavy atom. The molecule has 0 bridgehead atoms. The van der Waals surface area contributed by atoms with Crippen molar-refractivity contribution in [3.05, 3.63) is 52.8 Å². The molecule has 2 aromatic carbocycles. The Labute approximate surface area is 160 Å². The molecule has 0 aromatic heterocycles. The van der Waals surface area contributed by atoms with E-state index >= 15 is 0 Å². The maximum Gasteiger partial charge on any atom is 0.262 e. The predicted molar refractivity (Wildman–Crippen MR) is 97.8 cm³/mol. The standard InChI is InChI=1S/C18H16ClFN2O4S/c19-13-8-14-16(26-10-18(23)21-14)9-17(13)27(24,25)22-6-2-5-15(22)11-3-1-4-12(20)7-11/h1,3-4,7-9,15H,2,5-6,10H2,(H,21,23). The minimum Gasteiger partial charge on any atom is -0.482 e. The predicted octanol–water partition coefficient (Wildman–Crippen LogP) is 3.34. The number of hydrogen-bond acceptors (Lipinski definition) is 4. The second kappa shape index (κ2) is 6.78. The smallest absolute Gasteiger partial charge is 0.262 e. The van der Waals surface area contributed by atoms with Gasteiger partial charge < -0.3 is 10.1 Å². The number of halogens is 2. The van der Waals surface area contributed by atoms with Gasteiger partial charge >= 0.3 is 0 Å². The normalized spacial score (nSPS) is 20.1. The molecule has 6 nitrogen and oxygen atoms in total. The molecule has 2 heterocycles. The topological polar surface area (TPSA) is 75.7 Å². The van der Waals surface area contributed by atoms with Crippen LogP contribution >= 0.6 is 11.6 Å². The van der Waals surface area contributed by atoms with Gasteiger partial charge in [-0.25, -0.2) is 12.8 Å². The summed E-state index contributed by atoms with van der Waals surface area (Å²) in [6.45, 7) is 0.123. The Balaban J connectivity index is 1.74. The number of ether oxygens (including phenoxy) is 1. The average Bonchev–Trinajstić information content (AvgIpc) is 3.11. The highest BCUT2D eigenvalue weighted by atomic mass is 35.5. The van der Waals surface area contributed by atoms with Crippen LogP contribution in [0.25, 0.3) is 0 Å². The molecule has 0 radical (unpaired) electrons. The van der Waals surface area contributed by atoms with Gasteiger partial charge in [0.1, 0.15) is 16.5 Å². The third-order valence-corrected chi connectivity index (χ3v) is 7.06. The molecule has 2 aliphatic rings. The summed E-state index contributed by atoms with van der Waals surface area (Å²) in [5, 5.41) is 2.58. The van der Waals surface area contributed by atoms with Gasteiger partial charge in [-0.15, -0.1) is 0 Å². The molecule has 1 saturated heterocycles. The number of carbonyl (C=O) groups excluding carboxylic acids is 1. The van der Waals surface area contributed by atoms with E-state index in [0.717, 1.165) is 0 Å². The summed E-state index contributed by atoms with van der Waals surface area (Å²) in [5.41, 5.74) is 0.937. The fourth-order valence-corrected chi connectivity index (χ4v) is 5.68. The molecule has 1 N–H and O–H groups in total. The van der Waals surface area contributed by atoms with Crippen LogP contribution in [-0.4, -0.2) is 31.8 Å². The molecule has 142 valence electrons. The molecule has 2 aromatic rings. The van der Waals surface area contributed by atoms with Gasteiger partial charge in [-0.3, -0.25) is 4.79 Å². The first-order chi connectivity index (χ1) is 12.9. The molecule has 1 atom stereocenters. The maximum absolute atomic E-state index is 13.6. The van der Waals surface area contributed by atoms with Crippen LogP contribution in [0.5, 0.6) is 5.75 Å². The van der Waals surface area contributed by atoms with Gasteiger partial charge in [-0.2, -0.15) is 4.31 Å². The summed E-state index contributed by atoms with van der Waals surface area (Å²) in [7, 11) is -3.94. The van der Waals surface area contributed by atoms with Crippen LogP contribution in [0, 0.1) is 5.82 Å². The number of hydrogen-bond donors (Lipinski definition) is 1. The molecule has 0 saturated carbocycles. The Kier molecular flexibility index (Phi) is 4.57. The number of rotatable bonds is 3. The van der Waals surface area contributed by atoms with Crippen molar-refractivity contribution in [1.82, 2.24) is 4.31 Å². The number of amides is 1. The fraction of sp³-hybridized carbons (Fsp3) is 0.278. The maximum atomic E-state index is 13.6. The minimum atomic E-state index is -3.94. The van der Waals surface area contributed by atoms with E-state index in [1.807, 2.05) is 0 Å². The van der Waals surface area contributed by atoms with E-state index in [1.165, 1.54) is 28.6 Å². The van der Waals surface area contributed by atoms with Gasteiger partial charge in [0.05, 0.1) is 16.8 Å². The lowest BCUT2D eigenvalue weighted by atomic mass is 10.1. The molecule has 9 heteroatoms. The first-order valence-electron chi connectivity index (χ1n) is 8.40. The summed E-state index contributed by atoms with van der Waals surface area (Å²) >= 11 is 6.22. The molecule has 4 rings (SSSR count). The van der Waals surface area contributed by atoms with Crippen LogP contribution in [0.4, 0.5) is 10.1 Å².